The summed E-state index contributed by atoms with van der Waals surface area (Å²) in [7, 11) is 0. The van der Waals surface area contributed by atoms with E-state index in [9.17, 15) is 0 Å². The van der Waals surface area contributed by atoms with Crippen molar-refractivity contribution in [3.05, 3.63) is 64.6 Å². The van der Waals surface area contributed by atoms with Gasteiger partial charge in [0.25, 0.3) is 0 Å². The predicted octanol–water partition coefficient (Wildman–Crippen LogP) is 6.53. The fourth-order valence-electron chi connectivity index (χ4n) is 2.23. The zero-order valence-corrected chi connectivity index (χ0v) is 13.5. The predicted molar refractivity (Wildman–Crippen MR) is 92.8 cm³/mol. The summed E-state index contributed by atoms with van der Waals surface area (Å²) in [5.41, 5.74) is 1.87. The monoisotopic (exact) mass is 345 g/mol. The van der Waals surface area contributed by atoms with E-state index < -0.39 is 0 Å². The number of hydrogen-bond donors (Lipinski definition) is 0. The lowest BCUT2D eigenvalue weighted by atomic mass is 10.2. The molecule has 2 nitrogen and oxygen atoms in total. The molecule has 0 aliphatic rings. The van der Waals surface area contributed by atoms with Crippen LogP contribution in [0.5, 0.6) is 0 Å². The van der Waals surface area contributed by atoms with Gasteiger partial charge in [-0.3, -0.25) is 0 Å². The molecule has 0 bridgehead atoms. The van der Waals surface area contributed by atoms with Crippen LogP contribution in [0.2, 0.25) is 10.0 Å². The number of furan rings is 1. The van der Waals surface area contributed by atoms with Crippen LogP contribution in [-0.4, -0.2) is 4.98 Å². The Bertz CT molecular complexity index is 941. The number of thiazole rings is 1. The maximum atomic E-state index is 6.06. The van der Waals surface area contributed by atoms with Crippen LogP contribution in [0.4, 0.5) is 0 Å². The van der Waals surface area contributed by atoms with Crippen molar-refractivity contribution in [3.63, 3.8) is 0 Å². The molecule has 0 amide bonds. The summed E-state index contributed by atoms with van der Waals surface area (Å²) in [5.74, 6) is 1.50. The lowest BCUT2D eigenvalue weighted by Gasteiger charge is -1.99. The van der Waals surface area contributed by atoms with E-state index in [1.807, 2.05) is 36.4 Å². The van der Waals surface area contributed by atoms with Gasteiger partial charge < -0.3 is 4.42 Å². The number of rotatable bonds is 2. The normalized spacial score (nSPS) is 11.2. The molecule has 0 aliphatic carbocycles. The smallest absolute Gasteiger partial charge is 0.163 e. The minimum absolute atomic E-state index is 0.511. The van der Waals surface area contributed by atoms with E-state index in [0.717, 1.165) is 32.3 Å². The van der Waals surface area contributed by atoms with Gasteiger partial charge in [-0.2, -0.15) is 0 Å². The van der Waals surface area contributed by atoms with Crippen LogP contribution in [0.15, 0.2) is 59.0 Å². The van der Waals surface area contributed by atoms with E-state index in [2.05, 4.69) is 11.1 Å². The van der Waals surface area contributed by atoms with Gasteiger partial charge in [0.2, 0.25) is 0 Å². The lowest BCUT2D eigenvalue weighted by Crippen LogP contribution is -1.75. The van der Waals surface area contributed by atoms with Crippen LogP contribution in [0.25, 0.3) is 32.3 Å². The first-order valence-electron chi connectivity index (χ1n) is 6.62. The minimum atomic E-state index is 0.511. The molecule has 0 fully saturated rings. The molecule has 0 aliphatic heterocycles. The molecule has 22 heavy (non-hydrogen) atoms. The molecule has 5 heteroatoms. The first-order chi connectivity index (χ1) is 10.7. The Morgan fingerprint density at radius 3 is 2.50 bits per heavy atom. The van der Waals surface area contributed by atoms with Gasteiger partial charge in [0.05, 0.1) is 20.3 Å². The van der Waals surface area contributed by atoms with Crippen molar-refractivity contribution in [1.82, 2.24) is 4.98 Å². The third-order valence-electron chi connectivity index (χ3n) is 3.31. The van der Waals surface area contributed by atoms with Gasteiger partial charge in [0.15, 0.2) is 10.8 Å². The van der Waals surface area contributed by atoms with Crippen LogP contribution in [0.3, 0.4) is 0 Å². The summed E-state index contributed by atoms with van der Waals surface area (Å²) < 4.78 is 7.07. The van der Waals surface area contributed by atoms with Gasteiger partial charge in [-0.1, -0.05) is 35.3 Å². The number of nitrogens with zero attached hydrogens (tertiary/aromatic N) is 1. The number of aromatic nitrogens is 1. The summed E-state index contributed by atoms with van der Waals surface area (Å²) >= 11 is 13.6. The summed E-state index contributed by atoms with van der Waals surface area (Å²) in [6, 6.07) is 17.3. The zero-order valence-electron chi connectivity index (χ0n) is 11.2. The second-order valence-electron chi connectivity index (χ2n) is 4.78. The van der Waals surface area contributed by atoms with Crippen LogP contribution in [0.1, 0.15) is 0 Å². The third-order valence-corrected chi connectivity index (χ3v) is 5.10. The average molecular weight is 346 g/mol. The Kier molecular flexibility index (Phi) is 3.41. The number of halogens is 2. The molecular weight excluding hydrogens is 337 g/mol. The molecular formula is C17H9Cl2NOS. The maximum absolute atomic E-state index is 6.06. The molecule has 0 atom stereocenters. The summed E-state index contributed by atoms with van der Waals surface area (Å²) in [6.07, 6.45) is 0. The molecule has 0 spiro atoms. The van der Waals surface area contributed by atoms with Crippen molar-refractivity contribution in [1.29, 1.82) is 0 Å². The summed E-state index contributed by atoms with van der Waals surface area (Å²) in [4.78, 5) is 4.60. The number of para-hydroxylation sites is 1. The molecule has 0 saturated carbocycles. The minimum Gasteiger partial charge on any atom is -0.454 e. The number of fused-ring (bicyclic) bond motifs is 1. The number of benzene rings is 2. The van der Waals surface area contributed by atoms with Crippen LogP contribution in [-0.2, 0) is 0 Å². The summed E-state index contributed by atoms with van der Waals surface area (Å²) in [5, 5.41) is 1.91. The van der Waals surface area contributed by atoms with Crippen molar-refractivity contribution < 1.29 is 4.42 Å². The second kappa shape index (κ2) is 5.43. The quantitative estimate of drug-likeness (QED) is 0.412. The van der Waals surface area contributed by atoms with Crippen molar-refractivity contribution >= 4 is 44.8 Å². The highest BCUT2D eigenvalue weighted by molar-refractivity contribution is 7.21. The van der Waals surface area contributed by atoms with E-state index in [1.54, 1.807) is 23.5 Å². The molecule has 2 aromatic carbocycles. The van der Waals surface area contributed by atoms with Crippen molar-refractivity contribution in [2.24, 2.45) is 0 Å². The molecule has 0 saturated heterocycles. The van der Waals surface area contributed by atoms with Crippen LogP contribution in [0, 0.1) is 0 Å². The first-order valence-corrected chi connectivity index (χ1v) is 8.19. The molecule has 2 aromatic heterocycles. The van der Waals surface area contributed by atoms with Gasteiger partial charge in [-0.15, -0.1) is 11.3 Å². The molecule has 4 rings (SSSR count). The molecule has 2 heterocycles. The molecule has 0 N–H and O–H groups in total. The van der Waals surface area contributed by atoms with E-state index in [4.69, 9.17) is 27.6 Å². The fourth-order valence-corrected chi connectivity index (χ4v) is 3.46. The van der Waals surface area contributed by atoms with E-state index in [-0.39, 0.29) is 0 Å². The highest BCUT2D eigenvalue weighted by atomic mass is 35.5. The van der Waals surface area contributed by atoms with E-state index >= 15 is 0 Å². The van der Waals surface area contributed by atoms with Gasteiger partial charge in [-0.25, -0.2) is 4.98 Å². The topological polar surface area (TPSA) is 26.0 Å². The molecule has 0 unspecified atom stereocenters. The Balaban J connectivity index is 1.75. The van der Waals surface area contributed by atoms with Gasteiger partial charge in [0.1, 0.15) is 5.76 Å². The molecule has 108 valence electrons. The average Bonchev–Trinajstić information content (AvgIpc) is 3.15. The Labute approximate surface area is 140 Å². The second-order valence-corrected chi connectivity index (χ2v) is 6.62. The Hall–Kier alpha value is -1.81. The van der Waals surface area contributed by atoms with Gasteiger partial charge in [-0.05, 0) is 42.5 Å². The maximum Gasteiger partial charge on any atom is 0.163 e. The van der Waals surface area contributed by atoms with Crippen molar-refractivity contribution in [2.75, 3.05) is 0 Å². The fraction of sp³-hybridized carbons (Fsp3) is 0. The highest BCUT2D eigenvalue weighted by Crippen LogP contribution is 2.35. The van der Waals surface area contributed by atoms with E-state index in [0.29, 0.717) is 10.0 Å². The third kappa shape index (κ3) is 2.41. The van der Waals surface area contributed by atoms with Crippen LogP contribution < -0.4 is 0 Å². The molecule has 0 radical (unpaired) electrons. The van der Waals surface area contributed by atoms with Crippen molar-refractivity contribution in [2.45, 2.75) is 0 Å². The first kappa shape index (κ1) is 13.8. The van der Waals surface area contributed by atoms with Gasteiger partial charge >= 0.3 is 0 Å². The van der Waals surface area contributed by atoms with Crippen LogP contribution >= 0.6 is 34.5 Å². The standard InChI is InChI=1S/C17H9Cl2NOS/c18-11-6-5-10(9-12(11)19)14-7-8-15(21-14)17-20-13-3-1-2-4-16(13)22-17/h1-9H. The Morgan fingerprint density at radius 2 is 1.68 bits per heavy atom. The van der Waals surface area contributed by atoms with E-state index in [1.165, 1.54) is 0 Å². The number of hydrogen-bond acceptors (Lipinski definition) is 3. The lowest BCUT2D eigenvalue weighted by molar-refractivity contribution is 0.597. The zero-order chi connectivity index (χ0) is 15.1. The Morgan fingerprint density at radius 1 is 0.864 bits per heavy atom. The molecule has 4 aromatic rings. The largest absolute Gasteiger partial charge is 0.454 e. The SMILES string of the molecule is Clc1ccc(-c2ccc(-c3nc4ccccc4s3)o2)cc1Cl. The summed E-state index contributed by atoms with van der Waals surface area (Å²) in [6.45, 7) is 0. The van der Waals surface area contributed by atoms with Gasteiger partial charge in [0, 0.05) is 5.56 Å². The van der Waals surface area contributed by atoms with Crippen molar-refractivity contribution in [3.8, 4) is 22.1 Å². The highest BCUT2D eigenvalue weighted by Gasteiger charge is 2.12.